The number of allylic oxidation sites excluding steroid dienone is 2. The first-order chi connectivity index (χ1) is 9.55. The van der Waals surface area contributed by atoms with Gasteiger partial charge in [0, 0.05) is 10.4 Å². The second-order valence-corrected chi connectivity index (χ2v) is 6.17. The Bertz CT molecular complexity index is 490. The standard InChI is InChI=1S/C16H20BrNO2/c1-2-16(20,13-7-9-14(17)10-8-13)11-18-15(19)12-5-3-4-6-12/h3-4,7-10,12,20H,2,5-6,11H2,1H3,(H,18,19). The molecule has 0 bridgehead atoms. The van der Waals surface area contributed by atoms with E-state index in [0.29, 0.717) is 6.42 Å². The topological polar surface area (TPSA) is 49.3 Å². The molecule has 2 N–H and O–H groups in total. The molecule has 1 aliphatic rings. The van der Waals surface area contributed by atoms with Crippen LogP contribution in [0.25, 0.3) is 0 Å². The zero-order valence-corrected chi connectivity index (χ0v) is 13.2. The highest BCUT2D eigenvalue weighted by Gasteiger charge is 2.29. The summed E-state index contributed by atoms with van der Waals surface area (Å²) in [5.41, 5.74) is -0.185. The molecule has 1 aromatic carbocycles. The van der Waals surface area contributed by atoms with Gasteiger partial charge in [0.15, 0.2) is 0 Å². The van der Waals surface area contributed by atoms with Crippen molar-refractivity contribution < 1.29 is 9.90 Å². The molecule has 20 heavy (non-hydrogen) atoms. The van der Waals surface area contributed by atoms with E-state index in [1.54, 1.807) is 0 Å². The van der Waals surface area contributed by atoms with E-state index >= 15 is 0 Å². The molecule has 0 radical (unpaired) electrons. The molecule has 1 amide bonds. The van der Waals surface area contributed by atoms with Gasteiger partial charge < -0.3 is 10.4 Å². The molecule has 1 atom stereocenters. The second kappa shape index (κ2) is 6.55. The smallest absolute Gasteiger partial charge is 0.223 e. The SMILES string of the molecule is CCC(O)(CNC(=O)C1CC=CC1)c1ccc(Br)cc1. The molecule has 4 heteroatoms. The number of hydrogen-bond acceptors (Lipinski definition) is 2. The predicted octanol–water partition coefficient (Wildman–Crippen LogP) is 3.13. The van der Waals surface area contributed by atoms with Gasteiger partial charge in [0.2, 0.25) is 5.91 Å². The van der Waals surface area contributed by atoms with Gasteiger partial charge >= 0.3 is 0 Å². The summed E-state index contributed by atoms with van der Waals surface area (Å²) in [6.45, 7) is 2.17. The molecule has 1 aromatic rings. The summed E-state index contributed by atoms with van der Waals surface area (Å²) >= 11 is 3.38. The molecule has 0 heterocycles. The van der Waals surface area contributed by atoms with Crippen molar-refractivity contribution >= 4 is 21.8 Å². The lowest BCUT2D eigenvalue weighted by molar-refractivity contribution is -0.126. The van der Waals surface area contributed by atoms with E-state index in [4.69, 9.17) is 0 Å². The lowest BCUT2D eigenvalue weighted by atomic mass is 9.91. The van der Waals surface area contributed by atoms with E-state index in [1.807, 2.05) is 43.3 Å². The van der Waals surface area contributed by atoms with Crippen molar-refractivity contribution in [2.45, 2.75) is 31.8 Å². The normalized spacial score (nSPS) is 17.9. The summed E-state index contributed by atoms with van der Waals surface area (Å²) in [6.07, 6.45) is 6.22. The van der Waals surface area contributed by atoms with Gasteiger partial charge in [0.1, 0.15) is 5.60 Å². The maximum atomic E-state index is 12.0. The number of carbonyl (C=O) groups excluding carboxylic acids is 1. The van der Waals surface area contributed by atoms with Crippen LogP contribution in [0, 0.1) is 5.92 Å². The quantitative estimate of drug-likeness (QED) is 0.811. The number of amides is 1. The van der Waals surface area contributed by atoms with Crippen LogP contribution < -0.4 is 5.32 Å². The Morgan fingerprint density at radius 1 is 1.35 bits per heavy atom. The van der Waals surface area contributed by atoms with Crippen molar-refractivity contribution in [2.24, 2.45) is 5.92 Å². The molecule has 1 unspecified atom stereocenters. The number of nitrogens with one attached hydrogen (secondary N) is 1. The van der Waals surface area contributed by atoms with E-state index in [2.05, 4.69) is 21.2 Å². The van der Waals surface area contributed by atoms with Crippen LogP contribution in [0.15, 0.2) is 40.9 Å². The van der Waals surface area contributed by atoms with Crippen LogP contribution in [0.2, 0.25) is 0 Å². The maximum Gasteiger partial charge on any atom is 0.223 e. The number of rotatable bonds is 5. The van der Waals surface area contributed by atoms with E-state index in [0.717, 1.165) is 22.9 Å². The third kappa shape index (κ3) is 3.49. The van der Waals surface area contributed by atoms with Gasteiger partial charge in [0.05, 0.1) is 6.54 Å². The number of benzene rings is 1. The van der Waals surface area contributed by atoms with Crippen molar-refractivity contribution in [2.75, 3.05) is 6.54 Å². The third-order valence-corrected chi connectivity index (χ3v) is 4.43. The molecule has 0 fully saturated rings. The molecule has 108 valence electrons. The molecule has 1 aliphatic carbocycles. The fourth-order valence-corrected chi connectivity index (χ4v) is 2.66. The van der Waals surface area contributed by atoms with Gasteiger partial charge in [-0.3, -0.25) is 4.79 Å². The zero-order chi connectivity index (χ0) is 14.6. The summed E-state index contributed by atoms with van der Waals surface area (Å²) in [6, 6.07) is 7.57. The van der Waals surface area contributed by atoms with Crippen LogP contribution in [-0.4, -0.2) is 17.6 Å². The fraction of sp³-hybridized carbons (Fsp3) is 0.438. The summed E-state index contributed by atoms with van der Waals surface area (Å²) in [5, 5.41) is 13.6. The lowest BCUT2D eigenvalue weighted by Gasteiger charge is -2.28. The van der Waals surface area contributed by atoms with Crippen LogP contribution in [-0.2, 0) is 10.4 Å². The Labute approximate surface area is 128 Å². The Balaban J connectivity index is 2.00. The van der Waals surface area contributed by atoms with Crippen molar-refractivity contribution in [1.82, 2.24) is 5.32 Å². The molecular formula is C16H20BrNO2. The first-order valence-electron chi connectivity index (χ1n) is 6.96. The Kier molecular flexibility index (Phi) is 5.00. The summed E-state index contributed by atoms with van der Waals surface area (Å²) in [7, 11) is 0. The van der Waals surface area contributed by atoms with Crippen LogP contribution in [0.1, 0.15) is 31.7 Å². The number of hydrogen-bond donors (Lipinski definition) is 2. The minimum Gasteiger partial charge on any atom is -0.383 e. The maximum absolute atomic E-state index is 12.0. The Hall–Kier alpha value is -1.13. The molecule has 3 nitrogen and oxygen atoms in total. The first kappa shape index (κ1) is 15.3. The Morgan fingerprint density at radius 3 is 2.50 bits per heavy atom. The number of aliphatic hydroxyl groups is 1. The van der Waals surface area contributed by atoms with Crippen LogP contribution in [0.5, 0.6) is 0 Å². The zero-order valence-electron chi connectivity index (χ0n) is 11.6. The van der Waals surface area contributed by atoms with Gasteiger partial charge in [-0.25, -0.2) is 0 Å². The number of halogens is 1. The monoisotopic (exact) mass is 337 g/mol. The van der Waals surface area contributed by atoms with E-state index in [9.17, 15) is 9.90 Å². The molecule has 0 saturated carbocycles. The van der Waals surface area contributed by atoms with Crippen molar-refractivity contribution in [1.29, 1.82) is 0 Å². The Morgan fingerprint density at radius 2 is 1.95 bits per heavy atom. The highest BCUT2D eigenvalue weighted by atomic mass is 79.9. The molecular weight excluding hydrogens is 318 g/mol. The van der Waals surface area contributed by atoms with Crippen molar-refractivity contribution in [3.8, 4) is 0 Å². The minimum atomic E-state index is -1.01. The van der Waals surface area contributed by atoms with Gasteiger partial charge in [-0.15, -0.1) is 0 Å². The van der Waals surface area contributed by atoms with E-state index in [1.165, 1.54) is 0 Å². The van der Waals surface area contributed by atoms with Crippen LogP contribution in [0.3, 0.4) is 0 Å². The van der Waals surface area contributed by atoms with Gasteiger partial charge in [-0.2, -0.15) is 0 Å². The average molecular weight is 338 g/mol. The van der Waals surface area contributed by atoms with Crippen molar-refractivity contribution in [3.05, 3.63) is 46.5 Å². The summed E-state index contributed by atoms with van der Waals surface area (Å²) in [5.74, 6) is 0.0556. The van der Waals surface area contributed by atoms with Crippen LogP contribution in [0.4, 0.5) is 0 Å². The summed E-state index contributed by atoms with van der Waals surface area (Å²) in [4.78, 5) is 12.0. The highest BCUT2D eigenvalue weighted by Crippen LogP contribution is 2.26. The lowest BCUT2D eigenvalue weighted by Crippen LogP contribution is -2.42. The second-order valence-electron chi connectivity index (χ2n) is 5.25. The molecule has 0 aromatic heterocycles. The third-order valence-electron chi connectivity index (χ3n) is 3.90. The number of carbonyl (C=O) groups is 1. The van der Waals surface area contributed by atoms with Crippen LogP contribution >= 0.6 is 15.9 Å². The van der Waals surface area contributed by atoms with Gasteiger partial charge in [-0.1, -0.05) is 47.1 Å². The largest absolute Gasteiger partial charge is 0.383 e. The molecule has 0 spiro atoms. The van der Waals surface area contributed by atoms with Crippen molar-refractivity contribution in [3.63, 3.8) is 0 Å². The van der Waals surface area contributed by atoms with Gasteiger partial charge in [0.25, 0.3) is 0 Å². The first-order valence-corrected chi connectivity index (χ1v) is 7.75. The van der Waals surface area contributed by atoms with E-state index in [-0.39, 0.29) is 18.4 Å². The minimum absolute atomic E-state index is 0.0268. The summed E-state index contributed by atoms with van der Waals surface area (Å²) < 4.78 is 0.973. The van der Waals surface area contributed by atoms with E-state index < -0.39 is 5.60 Å². The highest BCUT2D eigenvalue weighted by molar-refractivity contribution is 9.10. The average Bonchev–Trinajstić information content (AvgIpc) is 2.99. The van der Waals surface area contributed by atoms with Gasteiger partial charge in [-0.05, 0) is 37.0 Å². The fourth-order valence-electron chi connectivity index (χ4n) is 2.40. The predicted molar refractivity (Wildman–Crippen MR) is 83.2 cm³/mol. The molecule has 2 rings (SSSR count). The molecule has 0 saturated heterocycles. The molecule has 0 aliphatic heterocycles.